The normalized spacial score (nSPS) is 11.1. The molecule has 0 bridgehead atoms. The highest BCUT2D eigenvalue weighted by atomic mass is 35.5. The number of carbonyl (C=O) groups excluding carboxylic acids is 2. The average molecular weight is 412 g/mol. The molecule has 0 heterocycles. The molecule has 2 rings (SSSR count). The third-order valence-electron chi connectivity index (χ3n) is 2.94. The van der Waals surface area contributed by atoms with Crippen LogP contribution in [0.3, 0.4) is 0 Å². The van der Waals surface area contributed by atoms with E-state index in [2.05, 4.69) is 5.32 Å². The van der Waals surface area contributed by atoms with Gasteiger partial charge in [-0.1, -0.05) is 40.9 Å². The van der Waals surface area contributed by atoms with Crippen molar-refractivity contribution < 1.29 is 22.8 Å². The largest absolute Gasteiger partial charge is 0.418 e. The van der Waals surface area contributed by atoms with E-state index in [1.807, 2.05) is 5.32 Å². The zero-order chi connectivity index (χ0) is 18.8. The second-order valence-corrected chi connectivity index (χ2v) is 5.94. The van der Waals surface area contributed by atoms with E-state index in [1.165, 1.54) is 18.2 Å². The van der Waals surface area contributed by atoms with Gasteiger partial charge in [0.05, 0.1) is 27.0 Å². The van der Waals surface area contributed by atoms with Crippen molar-refractivity contribution in [3.63, 3.8) is 0 Å². The van der Waals surface area contributed by atoms with Crippen molar-refractivity contribution in [3.05, 3.63) is 57.0 Å². The molecule has 0 aromatic heterocycles. The molecule has 25 heavy (non-hydrogen) atoms. The molecule has 4 nitrogen and oxygen atoms in total. The predicted molar refractivity (Wildman–Crippen MR) is 90.2 cm³/mol. The summed E-state index contributed by atoms with van der Waals surface area (Å²) >= 11 is 17.2. The molecule has 0 radical (unpaired) electrons. The number of rotatable bonds is 2. The van der Waals surface area contributed by atoms with E-state index in [-0.39, 0.29) is 20.8 Å². The molecule has 132 valence electrons. The van der Waals surface area contributed by atoms with E-state index in [4.69, 9.17) is 34.8 Å². The lowest BCUT2D eigenvalue weighted by molar-refractivity contribution is -0.137. The molecule has 0 aliphatic carbocycles. The number of nitrogens with one attached hydrogen (secondary N) is 2. The van der Waals surface area contributed by atoms with Gasteiger partial charge in [-0.15, -0.1) is 0 Å². The number of para-hydroxylation sites is 1. The van der Waals surface area contributed by atoms with Crippen LogP contribution in [0.15, 0.2) is 36.4 Å². The van der Waals surface area contributed by atoms with Crippen molar-refractivity contribution in [1.82, 2.24) is 0 Å². The van der Waals surface area contributed by atoms with Crippen LogP contribution >= 0.6 is 34.8 Å². The van der Waals surface area contributed by atoms with Crippen LogP contribution in [-0.2, 0) is 15.8 Å². The highest BCUT2D eigenvalue weighted by Gasteiger charge is 2.34. The minimum absolute atomic E-state index is 0.0295. The summed E-state index contributed by atoms with van der Waals surface area (Å²) < 4.78 is 39.0. The van der Waals surface area contributed by atoms with Gasteiger partial charge in [-0.25, -0.2) is 0 Å². The fraction of sp³-hybridized carbons (Fsp3) is 0.0667. The van der Waals surface area contributed by atoms with Crippen LogP contribution in [0.25, 0.3) is 0 Å². The second-order valence-electron chi connectivity index (χ2n) is 4.69. The number of hydrogen-bond acceptors (Lipinski definition) is 2. The molecule has 2 N–H and O–H groups in total. The fourth-order valence-corrected chi connectivity index (χ4v) is 2.49. The van der Waals surface area contributed by atoms with Crippen molar-refractivity contribution in [2.24, 2.45) is 0 Å². The highest BCUT2D eigenvalue weighted by Crippen LogP contribution is 2.36. The van der Waals surface area contributed by atoms with Gasteiger partial charge in [0.25, 0.3) is 0 Å². The van der Waals surface area contributed by atoms with E-state index in [0.29, 0.717) is 6.07 Å². The first-order valence-corrected chi connectivity index (χ1v) is 7.66. The summed E-state index contributed by atoms with van der Waals surface area (Å²) in [7, 11) is 0. The van der Waals surface area contributed by atoms with Gasteiger partial charge >= 0.3 is 18.0 Å². The minimum atomic E-state index is -4.77. The average Bonchev–Trinajstić information content (AvgIpc) is 2.51. The molecule has 10 heteroatoms. The van der Waals surface area contributed by atoms with Gasteiger partial charge in [-0.3, -0.25) is 9.59 Å². The molecule has 0 aliphatic rings. The number of carbonyl (C=O) groups is 2. The maximum atomic E-state index is 13.0. The number of alkyl halides is 3. The zero-order valence-corrected chi connectivity index (χ0v) is 14.3. The maximum Gasteiger partial charge on any atom is 0.418 e. The van der Waals surface area contributed by atoms with Crippen LogP contribution in [0.4, 0.5) is 24.5 Å². The van der Waals surface area contributed by atoms with Gasteiger partial charge in [0.1, 0.15) is 0 Å². The Balaban J connectivity index is 2.21. The lowest BCUT2D eigenvalue weighted by atomic mass is 10.1. The third-order valence-corrected chi connectivity index (χ3v) is 3.81. The van der Waals surface area contributed by atoms with Crippen molar-refractivity contribution in [3.8, 4) is 0 Å². The van der Waals surface area contributed by atoms with Gasteiger partial charge in [0.2, 0.25) is 0 Å². The molecule has 2 aromatic carbocycles. The van der Waals surface area contributed by atoms with Crippen LogP contribution in [0, 0.1) is 0 Å². The van der Waals surface area contributed by atoms with E-state index in [0.717, 1.165) is 12.1 Å². The fourth-order valence-electron chi connectivity index (χ4n) is 1.83. The summed E-state index contributed by atoms with van der Waals surface area (Å²) in [6, 6.07) is 7.08. The van der Waals surface area contributed by atoms with Crippen LogP contribution in [0.2, 0.25) is 15.1 Å². The minimum Gasteiger partial charge on any atom is -0.317 e. The molecule has 0 saturated carbocycles. The van der Waals surface area contributed by atoms with Crippen LogP contribution in [0.1, 0.15) is 5.56 Å². The molecule has 0 aliphatic heterocycles. The Kier molecular flexibility index (Phi) is 5.82. The van der Waals surface area contributed by atoms with Gasteiger partial charge in [0.15, 0.2) is 0 Å². The summed E-state index contributed by atoms with van der Waals surface area (Å²) in [6.45, 7) is 0. The van der Waals surface area contributed by atoms with E-state index in [9.17, 15) is 22.8 Å². The first-order valence-electron chi connectivity index (χ1n) is 6.52. The summed E-state index contributed by atoms with van der Waals surface area (Å²) in [5, 5.41) is 4.00. The summed E-state index contributed by atoms with van der Waals surface area (Å²) in [4.78, 5) is 23.8. The quantitative estimate of drug-likeness (QED) is 0.664. The van der Waals surface area contributed by atoms with Gasteiger partial charge in [-0.05, 0) is 30.3 Å². The van der Waals surface area contributed by atoms with Crippen LogP contribution < -0.4 is 10.6 Å². The lowest BCUT2D eigenvalue weighted by Crippen LogP contribution is -2.30. The Morgan fingerprint density at radius 1 is 0.880 bits per heavy atom. The van der Waals surface area contributed by atoms with E-state index < -0.39 is 29.2 Å². The Morgan fingerprint density at radius 2 is 1.44 bits per heavy atom. The third kappa shape index (κ3) is 4.78. The molecule has 0 unspecified atom stereocenters. The highest BCUT2D eigenvalue weighted by molar-refractivity contribution is 6.46. The number of hydrogen-bond donors (Lipinski definition) is 2. The van der Waals surface area contributed by atoms with Gasteiger partial charge in [-0.2, -0.15) is 13.2 Å². The van der Waals surface area contributed by atoms with Crippen molar-refractivity contribution in [2.75, 3.05) is 10.6 Å². The number of amides is 2. The van der Waals surface area contributed by atoms with Crippen LogP contribution in [0.5, 0.6) is 0 Å². The first kappa shape index (κ1) is 19.4. The number of benzene rings is 2. The van der Waals surface area contributed by atoms with Crippen molar-refractivity contribution >= 4 is 58.0 Å². The molecular weight excluding hydrogens is 404 g/mol. The van der Waals surface area contributed by atoms with E-state index >= 15 is 0 Å². The monoisotopic (exact) mass is 410 g/mol. The zero-order valence-electron chi connectivity index (χ0n) is 12.0. The van der Waals surface area contributed by atoms with Gasteiger partial charge < -0.3 is 10.6 Å². The van der Waals surface area contributed by atoms with E-state index in [1.54, 1.807) is 0 Å². The smallest absolute Gasteiger partial charge is 0.317 e. The number of halogens is 6. The van der Waals surface area contributed by atoms with Crippen molar-refractivity contribution in [2.45, 2.75) is 6.18 Å². The summed E-state index contributed by atoms with van der Waals surface area (Å²) in [5.41, 5.74) is -1.82. The standard InChI is InChI=1S/C15H8Cl3F3N2O2/c16-7-4-5-11(8(6-7)15(19,20)21)22-13(24)14(25)23-12-9(17)2-1-3-10(12)18/h1-6H,(H,22,24)(H,23,25). The molecule has 0 atom stereocenters. The molecule has 2 amide bonds. The molecule has 2 aromatic rings. The Bertz CT molecular complexity index is 821. The Labute approximate surface area is 154 Å². The first-order chi connectivity index (χ1) is 11.6. The van der Waals surface area contributed by atoms with Gasteiger partial charge in [0, 0.05) is 5.02 Å². The Morgan fingerprint density at radius 3 is 2.00 bits per heavy atom. The summed E-state index contributed by atoms with van der Waals surface area (Å²) in [5.74, 6) is -2.57. The second kappa shape index (κ2) is 7.51. The van der Waals surface area contributed by atoms with Crippen molar-refractivity contribution in [1.29, 1.82) is 0 Å². The molecule has 0 saturated heterocycles. The topological polar surface area (TPSA) is 58.2 Å². The maximum absolute atomic E-state index is 13.0. The number of anilines is 2. The predicted octanol–water partition coefficient (Wildman–Crippen LogP) is 5.24. The molecule has 0 spiro atoms. The molecular formula is C15H8Cl3F3N2O2. The SMILES string of the molecule is O=C(Nc1ccc(Cl)cc1C(F)(F)F)C(=O)Nc1c(Cl)cccc1Cl. The van der Waals surface area contributed by atoms with Crippen LogP contribution in [-0.4, -0.2) is 11.8 Å². The molecule has 0 fully saturated rings. The summed E-state index contributed by atoms with van der Waals surface area (Å²) in [6.07, 6.45) is -4.77. The Hall–Kier alpha value is -1.96. The lowest BCUT2D eigenvalue weighted by Gasteiger charge is -2.14.